The zero-order valence-corrected chi connectivity index (χ0v) is 14.9. The van der Waals surface area contributed by atoms with Crippen molar-refractivity contribution in [1.82, 2.24) is 5.32 Å². The molecule has 0 spiro atoms. The Balaban J connectivity index is 0.00000361. The fourth-order valence-electron chi connectivity index (χ4n) is 1.73. The van der Waals surface area contributed by atoms with Crippen LogP contribution in [0.3, 0.4) is 0 Å². The number of nitrogens with two attached hydrogens (primary N) is 1. The number of carbonyl (C=O) groups excluding carboxylic acids is 1. The maximum atomic E-state index is 11.6. The van der Waals surface area contributed by atoms with Crippen molar-refractivity contribution < 1.29 is 4.79 Å². The van der Waals surface area contributed by atoms with Gasteiger partial charge in [0.15, 0.2) is 0 Å². The van der Waals surface area contributed by atoms with Crippen LogP contribution in [-0.2, 0) is 11.2 Å². The first kappa shape index (κ1) is 19.7. The molecule has 1 rings (SSSR count). The molecule has 0 bridgehead atoms. The number of amides is 1. The second kappa shape index (κ2) is 11.3. The molecule has 0 saturated heterocycles. The standard InChI is InChI=1S/C15H23IN2O.ClH/c1-12(10-17)11-18-15(19)5-3-2-4-13-6-8-14(16)9-7-13;/h6-9,12H,2-5,10-11,17H2,1H3,(H,18,19);1H. The van der Waals surface area contributed by atoms with Gasteiger partial charge in [0.05, 0.1) is 0 Å². The number of carbonyl (C=O) groups is 1. The number of hydrogen-bond acceptors (Lipinski definition) is 2. The van der Waals surface area contributed by atoms with Crippen LogP contribution in [0.15, 0.2) is 24.3 Å². The molecule has 3 nitrogen and oxygen atoms in total. The SMILES string of the molecule is CC(CN)CNC(=O)CCCCc1ccc(I)cc1.Cl. The van der Waals surface area contributed by atoms with Gasteiger partial charge in [-0.15, -0.1) is 12.4 Å². The highest BCUT2D eigenvalue weighted by molar-refractivity contribution is 14.1. The Morgan fingerprint density at radius 3 is 2.55 bits per heavy atom. The first-order valence-corrected chi connectivity index (χ1v) is 7.91. The minimum absolute atomic E-state index is 0. The maximum absolute atomic E-state index is 11.6. The van der Waals surface area contributed by atoms with E-state index in [4.69, 9.17) is 5.73 Å². The molecule has 0 aliphatic heterocycles. The Kier molecular flexibility index (Phi) is 11.2. The lowest BCUT2D eigenvalue weighted by Crippen LogP contribution is -2.31. The zero-order valence-electron chi connectivity index (χ0n) is 11.9. The van der Waals surface area contributed by atoms with Crippen LogP contribution in [0, 0.1) is 9.49 Å². The number of benzene rings is 1. The average Bonchev–Trinajstić information content (AvgIpc) is 2.42. The predicted molar refractivity (Wildman–Crippen MR) is 95.2 cm³/mol. The summed E-state index contributed by atoms with van der Waals surface area (Å²) in [5, 5.41) is 2.92. The number of halogens is 2. The van der Waals surface area contributed by atoms with E-state index in [1.807, 2.05) is 6.92 Å². The molecule has 3 N–H and O–H groups in total. The van der Waals surface area contributed by atoms with E-state index in [0.29, 0.717) is 25.4 Å². The van der Waals surface area contributed by atoms with Crippen molar-refractivity contribution in [3.63, 3.8) is 0 Å². The highest BCUT2D eigenvalue weighted by Crippen LogP contribution is 2.10. The first-order chi connectivity index (χ1) is 9.11. The molecule has 0 aromatic heterocycles. The average molecular weight is 411 g/mol. The molecule has 114 valence electrons. The summed E-state index contributed by atoms with van der Waals surface area (Å²) in [6.07, 6.45) is 3.65. The van der Waals surface area contributed by atoms with E-state index in [1.54, 1.807) is 0 Å². The third-order valence-corrected chi connectivity index (χ3v) is 3.80. The van der Waals surface area contributed by atoms with Crippen LogP contribution in [-0.4, -0.2) is 19.0 Å². The molecule has 0 saturated carbocycles. The lowest BCUT2D eigenvalue weighted by atomic mass is 10.1. The van der Waals surface area contributed by atoms with Crippen LogP contribution in [0.5, 0.6) is 0 Å². The van der Waals surface area contributed by atoms with E-state index in [9.17, 15) is 4.79 Å². The van der Waals surface area contributed by atoms with Gasteiger partial charge >= 0.3 is 0 Å². The number of rotatable bonds is 8. The highest BCUT2D eigenvalue weighted by atomic mass is 127. The molecular formula is C15H24ClIN2O. The van der Waals surface area contributed by atoms with Gasteiger partial charge in [0, 0.05) is 16.5 Å². The van der Waals surface area contributed by atoms with E-state index in [-0.39, 0.29) is 18.3 Å². The fourth-order valence-corrected chi connectivity index (χ4v) is 2.09. The van der Waals surface area contributed by atoms with Gasteiger partial charge in [-0.25, -0.2) is 0 Å². The molecular weight excluding hydrogens is 387 g/mol. The zero-order chi connectivity index (χ0) is 14.1. The smallest absolute Gasteiger partial charge is 0.220 e. The molecule has 1 aromatic carbocycles. The molecule has 1 atom stereocenters. The van der Waals surface area contributed by atoms with Gasteiger partial charge in [-0.1, -0.05) is 19.1 Å². The van der Waals surface area contributed by atoms with Crippen LogP contribution in [0.25, 0.3) is 0 Å². The molecule has 0 aliphatic carbocycles. The lowest BCUT2D eigenvalue weighted by Gasteiger charge is -2.09. The quantitative estimate of drug-likeness (QED) is 0.511. The summed E-state index contributed by atoms with van der Waals surface area (Å²) in [5.74, 6) is 0.499. The normalized spacial score (nSPS) is 11.6. The minimum atomic E-state index is 0. The van der Waals surface area contributed by atoms with Gasteiger partial charge in [0.2, 0.25) is 5.91 Å². The second-order valence-electron chi connectivity index (χ2n) is 4.98. The van der Waals surface area contributed by atoms with Crippen molar-refractivity contribution in [2.45, 2.75) is 32.6 Å². The van der Waals surface area contributed by atoms with Crippen molar-refractivity contribution in [3.8, 4) is 0 Å². The molecule has 1 aromatic rings. The summed E-state index contributed by atoms with van der Waals surface area (Å²) in [6, 6.07) is 8.56. The van der Waals surface area contributed by atoms with Crippen molar-refractivity contribution in [2.24, 2.45) is 11.7 Å². The number of nitrogens with one attached hydrogen (secondary N) is 1. The Morgan fingerprint density at radius 2 is 1.95 bits per heavy atom. The number of unbranched alkanes of at least 4 members (excludes halogenated alkanes) is 1. The van der Waals surface area contributed by atoms with E-state index < -0.39 is 0 Å². The lowest BCUT2D eigenvalue weighted by molar-refractivity contribution is -0.121. The summed E-state index contributed by atoms with van der Waals surface area (Å²) >= 11 is 2.31. The van der Waals surface area contributed by atoms with Crippen molar-refractivity contribution in [1.29, 1.82) is 0 Å². The van der Waals surface area contributed by atoms with Crippen molar-refractivity contribution >= 4 is 40.9 Å². The molecule has 20 heavy (non-hydrogen) atoms. The van der Waals surface area contributed by atoms with E-state index in [1.165, 1.54) is 9.13 Å². The highest BCUT2D eigenvalue weighted by Gasteiger charge is 2.04. The van der Waals surface area contributed by atoms with E-state index in [0.717, 1.165) is 19.3 Å². The summed E-state index contributed by atoms with van der Waals surface area (Å²) < 4.78 is 1.26. The van der Waals surface area contributed by atoms with Crippen LogP contribution < -0.4 is 11.1 Å². The van der Waals surface area contributed by atoms with E-state index in [2.05, 4.69) is 52.2 Å². The Labute approximate surface area is 141 Å². The molecule has 1 amide bonds. The van der Waals surface area contributed by atoms with E-state index >= 15 is 0 Å². The van der Waals surface area contributed by atoms with Crippen LogP contribution in [0.1, 0.15) is 31.7 Å². The van der Waals surface area contributed by atoms with Crippen molar-refractivity contribution in [3.05, 3.63) is 33.4 Å². The second-order valence-corrected chi connectivity index (χ2v) is 6.22. The predicted octanol–water partition coefficient (Wildman–Crippen LogP) is 3.14. The summed E-state index contributed by atoms with van der Waals surface area (Å²) in [7, 11) is 0. The molecule has 0 fully saturated rings. The maximum Gasteiger partial charge on any atom is 0.220 e. The summed E-state index contributed by atoms with van der Waals surface area (Å²) in [5.41, 5.74) is 6.85. The van der Waals surface area contributed by atoms with Crippen LogP contribution in [0.2, 0.25) is 0 Å². The Hall–Kier alpha value is -0.330. The van der Waals surface area contributed by atoms with Gasteiger partial charge in [0.1, 0.15) is 0 Å². The van der Waals surface area contributed by atoms with Crippen LogP contribution >= 0.6 is 35.0 Å². The van der Waals surface area contributed by atoms with Gasteiger partial charge < -0.3 is 11.1 Å². The summed E-state index contributed by atoms with van der Waals surface area (Å²) in [4.78, 5) is 11.6. The number of hydrogen-bond donors (Lipinski definition) is 2. The number of aryl methyl sites for hydroxylation is 1. The summed E-state index contributed by atoms with van der Waals surface area (Å²) in [6.45, 7) is 3.34. The monoisotopic (exact) mass is 410 g/mol. The first-order valence-electron chi connectivity index (χ1n) is 6.83. The largest absolute Gasteiger partial charge is 0.356 e. The molecule has 0 aliphatic rings. The fraction of sp³-hybridized carbons (Fsp3) is 0.533. The minimum Gasteiger partial charge on any atom is -0.356 e. The van der Waals surface area contributed by atoms with Crippen LogP contribution in [0.4, 0.5) is 0 Å². The topological polar surface area (TPSA) is 55.1 Å². The molecule has 0 radical (unpaired) electrons. The van der Waals surface area contributed by atoms with Crippen molar-refractivity contribution in [2.75, 3.05) is 13.1 Å². The van der Waals surface area contributed by atoms with Gasteiger partial charge in [-0.3, -0.25) is 4.79 Å². The van der Waals surface area contributed by atoms with Gasteiger partial charge in [-0.05, 0) is 72.0 Å². The molecule has 0 heterocycles. The third kappa shape index (κ3) is 8.76. The Bertz CT molecular complexity index is 384. The van der Waals surface area contributed by atoms with Gasteiger partial charge in [0.25, 0.3) is 0 Å². The van der Waals surface area contributed by atoms with Gasteiger partial charge in [-0.2, -0.15) is 0 Å². The third-order valence-electron chi connectivity index (χ3n) is 3.08. The molecule has 1 unspecified atom stereocenters. The Morgan fingerprint density at radius 1 is 1.30 bits per heavy atom. The molecule has 5 heteroatoms.